The molecule has 0 N–H and O–H groups in total. The fraction of sp³-hybridized carbons (Fsp3) is 0.588. The van der Waals surface area contributed by atoms with Gasteiger partial charge in [0.15, 0.2) is 0 Å². The van der Waals surface area contributed by atoms with E-state index in [4.69, 9.17) is 4.74 Å². The molecule has 2 saturated heterocycles. The van der Waals surface area contributed by atoms with Gasteiger partial charge >= 0.3 is 0 Å². The second-order valence-corrected chi connectivity index (χ2v) is 7.33. The Morgan fingerprint density at radius 2 is 2.00 bits per heavy atom. The summed E-state index contributed by atoms with van der Waals surface area (Å²) >= 11 is 1.98. The molecular weight excluding hydrogens is 287 g/mol. The number of rotatable bonds is 3. The minimum absolute atomic E-state index is 0.0490. The zero-order chi connectivity index (χ0) is 14.7. The molecule has 0 amide bonds. The van der Waals surface area contributed by atoms with Gasteiger partial charge in [-0.05, 0) is 54.9 Å². The van der Waals surface area contributed by atoms with Crippen LogP contribution in [-0.2, 0) is 16.0 Å². The van der Waals surface area contributed by atoms with Crippen molar-refractivity contribution in [2.24, 2.45) is 5.92 Å². The molecule has 3 rings (SSSR count). The van der Waals surface area contributed by atoms with Crippen molar-refractivity contribution >= 4 is 17.5 Å². The van der Waals surface area contributed by atoms with E-state index in [0.717, 1.165) is 42.8 Å². The standard InChI is InChI=1S/C17H21FO2S/c18-15-3-1-13(2-4-15)11-16(19)14-5-8-20-17(12-14)6-9-21-10-7-17/h1-4,14H,5-12H2. The molecule has 2 aliphatic rings. The number of thioether (sulfide) groups is 1. The summed E-state index contributed by atoms with van der Waals surface area (Å²) < 4.78 is 19.0. The Kier molecular flexibility index (Phi) is 4.65. The Morgan fingerprint density at radius 3 is 2.71 bits per heavy atom. The van der Waals surface area contributed by atoms with E-state index in [-0.39, 0.29) is 23.1 Å². The summed E-state index contributed by atoms with van der Waals surface area (Å²) in [5.41, 5.74) is 0.855. The van der Waals surface area contributed by atoms with Gasteiger partial charge in [0.25, 0.3) is 0 Å². The van der Waals surface area contributed by atoms with Crippen molar-refractivity contribution in [3.05, 3.63) is 35.6 Å². The van der Waals surface area contributed by atoms with E-state index in [9.17, 15) is 9.18 Å². The lowest BCUT2D eigenvalue weighted by Gasteiger charge is -2.43. The van der Waals surface area contributed by atoms with E-state index in [1.165, 1.54) is 12.1 Å². The maximum absolute atomic E-state index is 12.9. The Bertz CT molecular complexity index is 489. The molecule has 1 aromatic rings. The summed E-state index contributed by atoms with van der Waals surface area (Å²) in [5.74, 6) is 2.41. The quantitative estimate of drug-likeness (QED) is 0.853. The van der Waals surface area contributed by atoms with Crippen LogP contribution in [0.1, 0.15) is 31.2 Å². The largest absolute Gasteiger partial charge is 0.375 e. The number of carbonyl (C=O) groups excluding carboxylic acids is 1. The normalized spacial score (nSPS) is 24.9. The summed E-state index contributed by atoms with van der Waals surface area (Å²) in [6, 6.07) is 6.26. The van der Waals surface area contributed by atoms with E-state index in [2.05, 4.69) is 0 Å². The molecule has 1 spiro atoms. The van der Waals surface area contributed by atoms with Crippen LogP contribution in [0, 0.1) is 11.7 Å². The summed E-state index contributed by atoms with van der Waals surface area (Å²) in [5, 5.41) is 0. The van der Waals surface area contributed by atoms with Gasteiger partial charge in [-0.25, -0.2) is 4.39 Å². The van der Waals surface area contributed by atoms with Gasteiger partial charge in [-0.3, -0.25) is 4.79 Å². The average Bonchev–Trinajstić information content (AvgIpc) is 2.50. The van der Waals surface area contributed by atoms with Gasteiger partial charge < -0.3 is 4.74 Å². The molecule has 1 aromatic carbocycles. The molecule has 2 heterocycles. The topological polar surface area (TPSA) is 26.3 Å². The van der Waals surface area contributed by atoms with Gasteiger partial charge in [-0.2, -0.15) is 11.8 Å². The molecule has 2 nitrogen and oxygen atoms in total. The third kappa shape index (κ3) is 3.67. The molecule has 2 fully saturated rings. The number of carbonyl (C=O) groups is 1. The van der Waals surface area contributed by atoms with Crippen LogP contribution in [0.3, 0.4) is 0 Å². The van der Waals surface area contributed by atoms with Crippen LogP contribution in [0.5, 0.6) is 0 Å². The Hall–Kier alpha value is -0.870. The lowest BCUT2D eigenvalue weighted by Crippen LogP contribution is -2.44. The Balaban J connectivity index is 1.62. The highest BCUT2D eigenvalue weighted by molar-refractivity contribution is 7.99. The second kappa shape index (κ2) is 6.49. The summed E-state index contributed by atoms with van der Waals surface area (Å²) in [6.45, 7) is 0.699. The van der Waals surface area contributed by atoms with E-state index < -0.39 is 0 Å². The first-order valence-corrected chi connectivity index (χ1v) is 8.81. The lowest BCUT2D eigenvalue weighted by atomic mass is 9.79. The van der Waals surface area contributed by atoms with Gasteiger partial charge in [0.2, 0.25) is 0 Å². The molecule has 21 heavy (non-hydrogen) atoms. The lowest BCUT2D eigenvalue weighted by molar-refractivity contribution is -0.137. The van der Waals surface area contributed by atoms with Crippen LogP contribution in [0.4, 0.5) is 4.39 Å². The number of benzene rings is 1. The fourth-order valence-electron chi connectivity index (χ4n) is 3.34. The monoisotopic (exact) mass is 308 g/mol. The van der Waals surface area contributed by atoms with Gasteiger partial charge in [0.05, 0.1) is 5.60 Å². The third-order valence-corrected chi connectivity index (χ3v) is 5.63. The number of ketones is 1. The highest BCUT2D eigenvalue weighted by atomic mass is 32.2. The SMILES string of the molecule is O=C(Cc1ccc(F)cc1)C1CCOC2(CCSCC2)C1. The van der Waals surface area contributed by atoms with Crippen LogP contribution < -0.4 is 0 Å². The first-order chi connectivity index (χ1) is 10.2. The zero-order valence-electron chi connectivity index (χ0n) is 12.1. The first kappa shape index (κ1) is 15.0. The number of hydrogen-bond acceptors (Lipinski definition) is 3. The molecule has 114 valence electrons. The smallest absolute Gasteiger partial charge is 0.140 e. The van der Waals surface area contributed by atoms with E-state index in [0.29, 0.717) is 13.0 Å². The molecule has 1 unspecified atom stereocenters. The number of Topliss-reactive ketones (excluding diaryl/α,β-unsaturated/α-hetero) is 1. The molecule has 0 radical (unpaired) electrons. The summed E-state index contributed by atoms with van der Waals surface area (Å²) in [7, 11) is 0. The predicted molar refractivity (Wildman–Crippen MR) is 83.1 cm³/mol. The van der Waals surface area contributed by atoms with Crippen molar-refractivity contribution in [1.82, 2.24) is 0 Å². The maximum atomic E-state index is 12.9. The molecule has 4 heteroatoms. The number of hydrogen-bond donors (Lipinski definition) is 0. The molecule has 0 aliphatic carbocycles. The van der Waals surface area contributed by atoms with Crippen LogP contribution >= 0.6 is 11.8 Å². The van der Waals surface area contributed by atoms with Crippen molar-refractivity contribution in [3.8, 4) is 0 Å². The van der Waals surface area contributed by atoms with E-state index in [1.54, 1.807) is 12.1 Å². The second-order valence-electron chi connectivity index (χ2n) is 6.10. The van der Waals surface area contributed by atoms with Crippen molar-refractivity contribution in [3.63, 3.8) is 0 Å². The Labute approximate surface area is 129 Å². The van der Waals surface area contributed by atoms with Crippen molar-refractivity contribution in [2.45, 2.75) is 37.7 Å². The molecule has 0 bridgehead atoms. The molecular formula is C17H21FO2S. The van der Waals surface area contributed by atoms with E-state index >= 15 is 0 Å². The maximum Gasteiger partial charge on any atom is 0.140 e. The Morgan fingerprint density at radius 1 is 1.29 bits per heavy atom. The molecule has 0 aromatic heterocycles. The minimum atomic E-state index is -0.254. The summed E-state index contributed by atoms with van der Waals surface area (Å²) in [6.07, 6.45) is 4.24. The van der Waals surface area contributed by atoms with Gasteiger partial charge in [-0.15, -0.1) is 0 Å². The van der Waals surface area contributed by atoms with Gasteiger partial charge in [0, 0.05) is 18.9 Å². The third-order valence-electron chi connectivity index (χ3n) is 4.64. The van der Waals surface area contributed by atoms with Crippen LogP contribution in [-0.4, -0.2) is 29.5 Å². The number of halogens is 1. The zero-order valence-corrected chi connectivity index (χ0v) is 13.0. The first-order valence-electron chi connectivity index (χ1n) is 7.66. The average molecular weight is 308 g/mol. The minimum Gasteiger partial charge on any atom is -0.375 e. The van der Waals surface area contributed by atoms with Gasteiger partial charge in [-0.1, -0.05) is 12.1 Å². The highest BCUT2D eigenvalue weighted by Crippen LogP contribution is 2.40. The predicted octanol–water partition coefficient (Wildman–Crippen LogP) is 3.63. The van der Waals surface area contributed by atoms with Crippen LogP contribution in [0.2, 0.25) is 0 Å². The van der Waals surface area contributed by atoms with Crippen molar-refractivity contribution in [2.75, 3.05) is 18.1 Å². The molecule has 1 atom stereocenters. The van der Waals surface area contributed by atoms with Gasteiger partial charge in [0.1, 0.15) is 11.6 Å². The van der Waals surface area contributed by atoms with Crippen molar-refractivity contribution in [1.29, 1.82) is 0 Å². The molecule has 2 aliphatic heterocycles. The van der Waals surface area contributed by atoms with Crippen LogP contribution in [0.15, 0.2) is 24.3 Å². The number of ether oxygens (including phenoxy) is 1. The van der Waals surface area contributed by atoms with Crippen LogP contribution in [0.25, 0.3) is 0 Å². The fourth-order valence-corrected chi connectivity index (χ4v) is 4.58. The summed E-state index contributed by atoms with van der Waals surface area (Å²) in [4.78, 5) is 12.5. The molecule has 0 saturated carbocycles. The van der Waals surface area contributed by atoms with E-state index in [1.807, 2.05) is 11.8 Å². The highest BCUT2D eigenvalue weighted by Gasteiger charge is 2.40. The van der Waals surface area contributed by atoms with Crippen molar-refractivity contribution < 1.29 is 13.9 Å².